The number of anilines is 2. The maximum absolute atomic E-state index is 5.80. The molecule has 0 saturated heterocycles. The molecular weight excluding hydrogens is 234 g/mol. The van der Waals surface area contributed by atoms with Crippen LogP contribution in [0.5, 0.6) is 5.75 Å². The van der Waals surface area contributed by atoms with E-state index in [1.165, 1.54) is 0 Å². The van der Waals surface area contributed by atoms with Crippen LogP contribution in [0.4, 0.5) is 11.4 Å². The van der Waals surface area contributed by atoms with Crippen molar-refractivity contribution >= 4 is 22.7 Å². The predicted octanol–water partition coefficient (Wildman–Crippen LogP) is 2.74. The SMILES string of the molecule is CCOc1cc(NCc2nccs2)ccc1N. The van der Waals surface area contributed by atoms with Crippen LogP contribution in [-0.2, 0) is 6.54 Å². The minimum absolute atomic E-state index is 0.611. The number of aromatic nitrogens is 1. The van der Waals surface area contributed by atoms with Crippen molar-refractivity contribution in [2.24, 2.45) is 0 Å². The molecule has 0 aliphatic carbocycles. The van der Waals surface area contributed by atoms with Crippen LogP contribution in [0.15, 0.2) is 29.8 Å². The van der Waals surface area contributed by atoms with Gasteiger partial charge in [-0.15, -0.1) is 11.3 Å². The topological polar surface area (TPSA) is 60.2 Å². The maximum atomic E-state index is 5.80. The van der Waals surface area contributed by atoms with Crippen molar-refractivity contribution < 1.29 is 4.74 Å². The normalized spacial score (nSPS) is 10.2. The van der Waals surface area contributed by atoms with Crippen molar-refractivity contribution in [2.75, 3.05) is 17.7 Å². The first-order chi connectivity index (χ1) is 8.29. The van der Waals surface area contributed by atoms with Gasteiger partial charge in [-0.05, 0) is 19.1 Å². The van der Waals surface area contributed by atoms with E-state index in [1.807, 2.05) is 30.5 Å². The van der Waals surface area contributed by atoms with E-state index in [0.29, 0.717) is 18.8 Å². The van der Waals surface area contributed by atoms with Gasteiger partial charge in [0.2, 0.25) is 0 Å². The first-order valence-corrected chi connectivity index (χ1v) is 6.32. The zero-order valence-electron chi connectivity index (χ0n) is 9.64. The Labute approximate surface area is 104 Å². The second-order valence-electron chi connectivity index (χ2n) is 3.47. The zero-order valence-corrected chi connectivity index (χ0v) is 10.5. The lowest BCUT2D eigenvalue weighted by atomic mass is 10.2. The molecule has 2 rings (SSSR count). The summed E-state index contributed by atoms with van der Waals surface area (Å²) in [5.74, 6) is 0.719. The van der Waals surface area contributed by atoms with Crippen LogP contribution >= 0.6 is 11.3 Å². The Morgan fingerprint density at radius 2 is 2.35 bits per heavy atom. The van der Waals surface area contributed by atoms with Gasteiger partial charge in [0.15, 0.2) is 0 Å². The Morgan fingerprint density at radius 1 is 1.47 bits per heavy atom. The number of ether oxygens (including phenoxy) is 1. The van der Waals surface area contributed by atoms with Gasteiger partial charge < -0.3 is 15.8 Å². The molecule has 0 amide bonds. The molecule has 2 aromatic rings. The van der Waals surface area contributed by atoms with E-state index in [2.05, 4.69) is 10.3 Å². The van der Waals surface area contributed by atoms with E-state index in [9.17, 15) is 0 Å². The number of hydrogen-bond donors (Lipinski definition) is 2. The third-order valence-corrected chi connectivity index (χ3v) is 3.02. The van der Waals surface area contributed by atoms with Gasteiger partial charge in [0, 0.05) is 23.3 Å². The zero-order chi connectivity index (χ0) is 12.1. The summed E-state index contributed by atoms with van der Waals surface area (Å²) in [6.07, 6.45) is 1.80. The lowest BCUT2D eigenvalue weighted by molar-refractivity contribution is 0.342. The molecule has 17 heavy (non-hydrogen) atoms. The molecular formula is C12H15N3OS. The summed E-state index contributed by atoms with van der Waals surface area (Å²) in [6, 6.07) is 5.69. The molecule has 0 fully saturated rings. The van der Waals surface area contributed by atoms with Gasteiger partial charge in [-0.3, -0.25) is 0 Å². The van der Waals surface area contributed by atoms with E-state index in [4.69, 9.17) is 10.5 Å². The second-order valence-corrected chi connectivity index (χ2v) is 4.44. The van der Waals surface area contributed by atoms with Crippen LogP contribution < -0.4 is 15.8 Å². The quantitative estimate of drug-likeness (QED) is 0.800. The monoisotopic (exact) mass is 249 g/mol. The number of nitrogens with one attached hydrogen (secondary N) is 1. The third kappa shape index (κ3) is 3.10. The molecule has 0 bridgehead atoms. The smallest absolute Gasteiger partial charge is 0.144 e. The molecule has 1 heterocycles. The Morgan fingerprint density at radius 3 is 3.06 bits per heavy atom. The fourth-order valence-corrected chi connectivity index (χ4v) is 2.00. The highest BCUT2D eigenvalue weighted by Gasteiger charge is 2.02. The predicted molar refractivity (Wildman–Crippen MR) is 71.5 cm³/mol. The van der Waals surface area contributed by atoms with Gasteiger partial charge in [-0.25, -0.2) is 4.98 Å². The molecule has 5 heteroatoms. The van der Waals surface area contributed by atoms with Gasteiger partial charge in [-0.2, -0.15) is 0 Å². The molecule has 0 atom stereocenters. The lowest BCUT2D eigenvalue weighted by Gasteiger charge is -2.10. The first-order valence-electron chi connectivity index (χ1n) is 5.44. The molecule has 3 N–H and O–H groups in total. The van der Waals surface area contributed by atoms with Crippen molar-refractivity contribution in [1.29, 1.82) is 0 Å². The van der Waals surface area contributed by atoms with Crippen LogP contribution in [0.1, 0.15) is 11.9 Å². The third-order valence-electron chi connectivity index (χ3n) is 2.24. The lowest BCUT2D eigenvalue weighted by Crippen LogP contribution is -2.01. The molecule has 0 spiro atoms. The fraction of sp³-hybridized carbons (Fsp3) is 0.250. The van der Waals surface area contributed by atoms with E-state index in [0.717, 1.165) is 16.4 Å². The van der Waals surface area contributed by atoms with Crippen LogP contribution in [0, 0.1) is 0 Å². The Bertz CT molecular complexity index is 471. The van der Waals surface area contributed by atoms with Crippen molar-refractivity contribution in [1.82, 2.24) is 4.98 Å². The summed E-state index contributed by atoms with van der Waals surface area (Å²) in [6.45, 7) is 3.27. The van der Waals surface area contributed by atoms with E-state index in [-0.39, 0.29) is 0 Å². The molecule has 0 aliphatic heterocycles. The number of thiazole rings is 1. The maximum Gasteiger partial charge on any atom is 0.144 e. The van der Waals surface area contributed by atoms with Gasteiger partial charge in [0.25, 0.3) is 0 Å². The number of nitrogens with zero attached hydrogens (tertiary/aromatic N) is 1. The molecule has 1 aromatic heterocycles. The van der Waals surface area contributed by atoms with Crippen molar-refractivity contribution in [2.45, 2.75) is 13.5 Å². The van der Waals surface area contributed by atoms with Gasteiger partial charge in [-0.1, -0.05) is 0 Å². The molecule has 0 unspecified atom stereocenters. The molecule has 90 valence electrons. The molecule has 1 aromatic carbocycles. The number of benzene rings is 1. The summed E-state index contributed by atoms with van der Waals surface area (Å²) < 4.78 is 5.44. The summed E-state index contributed by atoms with van der Waals surface area (Å²) in [5, 5.41) is 6.30. The largest absolute Gasteiger partial charge is 0.492 e. The van der Waals surface area contributed by atoms with E-state index in [1.54, 1.807) is 17.5 Å². The molecule has 0 saturated carbocycles. The highest BCUT2D eigenvalue weighted by atomic mass is 32.1. The second kappa shape index (κ2) is 5.54. The average Bonchev–Trinajstić information content (AvgIpc) is 2.83. The fourth-order valence-electron chi connectivity index (χ4n) is 1.44. The Kier molecular flexibility index (Phi) is 3.82. The number of nitrogens with two attached hydrogens (primary N) is 1. The van der Waals surface area contributed by atoms with Crippen molar-refractivity contribution in [3.8, 4) is 5.75 Å². The van der Waals surface area contributed by atoms with Crippen molar-refractivity contribution in [3.63, 3.8) is 0 Å². The standard InChI is InChI=1S/C12H15N3OS/c1-2-16-11-7-9(3-4-10(11)13)15-8-12-14-5-6-17-12/h3-7,15H,2,8,13H2,1H3. The molecule has 0 aliphatic rings. The summed E-state index contributed by atoms with van der Waals surface area (Å²) >= 11 is 1.63. The number of hydrogen-bond acceptors (Lipinski definition) is 5. The first kappa shape index (κ1) is 11.7. The van der Waals surface area contributed by atoms with E-state index >= 15 is 0 Å². The van der Waals surface area contributed by atoms with Crippen molar-refractivity contribution in [3.05, 3.63) is 34.8 Å². The van der Waals surface area contributed by atoms with Crippen LogP contribution in [0.2, 0.25) is 0 Å². The van der Waals surface area contributed by atoms with Crippen LogP contribution in [-0.4, -0.2) is 11.6 Å². The Balaban J connectivity index is 2.03. The van der Waals surface area contributed by atoms with Gasteiger partial charge in [0.1, 0.15) is 10.8 Å². The molecule has 0 radical (unpaired) electrons. The van der Waals surface area contributed by atoms with Crippen LogP contribution in [0.3, 0.4) is 0 Å². The Hall–Kier alpha value is -1.75. The van der Waals surface area contributed by atoms with E-state index < -0.39 is 0 Å². The number of nitrogen functional groups attached to an aromatic ring is 1. The highest BCUT2D eigenvalue weighted by Crippen LogP contribution is 2.25. The van der Waals surface area contributed by atoms with Crippen LogP contribution in [0.25, 0.3) is 0 Å². The summed E-state index contributed by atoms with van der Waals surface area (Å²) in [7, 11) is 0. The summed E-state index contributed by atoms with van der Waals surface area (Å²) in [5.41, 5.74) is 7.45. The highest BCUT2D eigenvalue weighted by molar-refractivity contribution is 7.09. The minimum atomic E-state index is 0.611. The van der Waals surface area contributed by atoms with Gasteiger partial charge in [0.05, 0.1) is 18.8 Å². The minimum Gasteiger partial charge on any atom is -0.492 e. The summed E-state index contributed by atoms with van der Waals surface area (Å²) in [4.78, 5) is 4.21. The average molecular weight is 249 g/mol. The number of rotatable bonds is 5. The molecule has 4 nitrogen and oxygen atoms in total. The van der Waals surface area contributed by atoms with Gasteiger partial charge >= 0.3 is 0 Å².